The Morgan fingerprint density at radius 3 is 1.12 bits per heavy atom. The second-order valence-electron chi connectivity index (χ2n) is 20.3. The van der Waals surface area contributed by atoms with Gasteiger partial charge in [0.15, 0.2) is 0 Å². The lowest BCUT2D eigenvalue weighted by Crippen LogP contribution is -2.28. The molecule has 0 N–H and O–H groups in total. The summed E-state index contributed by atoms with van der Waals surface area (Å²) in [6.07, 6.45) is 9.13. The number of anilines is 2. The van der Waals surface area contributed by atoms with Crippen LogP contribution < -0.4 is 4.90 Å². The standard InChI is InChI=1S/C71H47N5/c1-2-20-46(21-3-1)47-42-62(48-38-50(73-64-30-12-4-22-54(64)55-23-5-13-31-65(55)73)44-51(39-48)74-66-32-14-6-24-56(66)57-25-7-15-33-67(57)74)72-63(43-47)49-40-52(75-68-34-16-8-26-58(68)59-27-9-17-35-69(59)75)45-53(41-49)76-70-36-18-10-28-60(70)61-29-11-19-37-71(61)76/h1-45,54,64H. The van der Waals surface area contributed by atoms with Crippen molar-refractivity contribution in [3.8, 4) is 50.7 Å². The fraction of sp³-hybridized carbons (Fsp3) is 0.0282. The Morgan fingerprint density at radius 2 is 0.658 bits per heavy atom. The van der Waals surface area contributed by atoms with Crippen LogP contribution in [0.3, 0.4) is 0 Å². The van der Waals surface area contributed by atoms with Gasteiger partial charge in [0, 0.05) is 77.8 Å². The van der Waals surface area contributed by atoms with Crippen LogP contribution in [0.2, 0.25) is 0 Å². The molecule has 14 aromatic rings. The molecule has 2 atom stereocenters. The predicted molar refractivity (Wildman–Crippen MR) is 317 cm³/mol. The number of allylic oxidation sites excluding steroid dienone is 2. The van der Waals surface area contributed by atoms with Crippen molar-refractivity contribution in [2.75, 3.05) is 4.90 Å². The van der Waals surface area contributed by atoms with Gasteiger partial charge >= 0.3 is 0 Å². The SMILES string of the molecule is C1=CC2c3ccccc3N(c3cc(-c4cc(-c5ccccc5)cc(-c5cc(-n6c7ccccc7c7ccccc76)cc(-n6c7ccccc7c7ccccc76)c5)n4)cc(-n4c5ccccc5c5ccccc54)c3)C2C=C1. The van der Waals surface area contributed by atoms with Crippen molar-refractivity contribution in [3.63, 3.8) is 0 Å². The average Bonchev–Trinajstić information content (AvgIpc) is 4.25. The maximum atomic E-state index is 5.86. The highest BCUT2D eigenvalue weighted by Crippen LogP contribution is 2.49. The second kappa shape index (κ2) is 16.8. The molecule has 76 heavy (non-hydrogen) atoms. The minimum atomic E-state index is 0.116. The molecule has 5 heterocycles. The molecule has 0 amide bonds. The van der Waals surface area contributed by atoms with Crippen molar-refractivity contribution in [1.82, 2.24) is 18.7 Å². The lowest BCUT2D eigenvalue weighted by atomic mass is 9.91. The number of hydrogen-bond donors (Lipinski definition) is 0. The molecule has 4 aromatic heterocycles. The first-order valence-corrected chi connectivity index (χ1v) is 26.3. The van der Waals surface area contributed by atoms with Crippen LogP contribution in [-0.4, -0.2) is 24.7 Å². The molecule has 2 aliphatic rings. The summed E-state index contributed by atoms with van der Waals surface area (Å²) < 4.78 is 7.32. The summed E-state index contributed by atoms with van der Waals surface area (Å²) in [6, 6.07) is 91.3. The number of rotatable bonds is 7. The zero-order valence-corrected chi connectivity index (χ0v) is 41.4. The van der Waals surface area contributed by atoms with Gasteiger partial charge in [-0.1, -0.05) is 182 Å². The molecule has 1 aliphatic heterocycles. The van der Waals surface area contributed by atoms with Crippen LogP contribution in [0.4, 0.5) is 11.4 Å². The quantitative estimate of drug-likeness (QED) is 0.159. The molecule has 0 saturated carbocycles. The molecule has 10 aromatic carbocycles. The highest BCUT2D eigenvalue weighted by Gasteiger charge is 2.37. The monoisotopic (exact) mass is 969 g/mol. The van der Waals surface area contributed by atoms with E-state index in [-0.39, 0.29) is 12.0 Å². The molecule has 1 aliphatic carbocycles. The van der Waals surface area contributed by atoms with Gasteiger partial charge in [0.2, 0.25) is 0 Å². The Labute approximate surface area is 439 Å². The van der Waals surface area contributed by atoms with E-state index in [1.54, 1.807) is 0 Å². The molecule has 0 radical (unpaired) electrons. The summed E-state index contributed by atoms with van der Waals surface area (Å²) in [5.41, 5.74) is 19.9. The van der Waals surface area contributed by atoms with Gasteiger partial charge in [-0.3, -0.25) is 0 Å². The number of nitrogens with zero attached hydrogens (tertiary/aromatic N) is 5. The number of hydrogen-bond acceptors (Lipinski definition) is 2. The molecule has 2 unspecified atom stereocenters. The molecule has 5 heteroatoms. The Hall–Kier alpha value is -9.97. The van der Waals surface area contributed by atoms with Crippen molar-refractivity contribution < 1.29 is 0 Å². The van der Waals surface area contributed by atoms with E-state index in [9.17, 15) is 0 Å². The number of fused-ring (bicyclic) bond motifs is 12. The lowest BCUT2D eigenvalue weighted by Gasteiger charge is -2.30. The minimum Gasteiger partial charge on any atom is -0.333 e. The van der Waals surface area contributed by atoms with Crippen molar-refractivity contribution in [1.29, 1.82) is 0 Å². The van der Waals surface area contributed by atoms with Crippen molar-refractivity contribution in [2.45, 2.75) is 12.0 Å². The van der Waals surface area contributed by atoms with Crippen molar-refractivity contribution >= 4 is 76.8 Å². The van der Waals surface area contributed by atoms with E-state index in [1.807, 2.05) is 0 Å². The number of pyridine rings is 1. The van der Waals surface area contributed by atoms with Crippen LogP contribution in [0, 0.1) is 0 Å². The van der Waals surface area contributed by atoms with Crippen LogP contribution in [0.1, 0.15) is 11.5 Å². The van der Waals surface area contributed by atoms with Gasteiger partial charge < -0.3 is 18.6 Å². The van der Waals surface area contributed by atoms with Crippen LogP contribution >= 0.6 is 0 Å². The molecule has 5 nitrogen and oxygen atoms in total. The summed E-state index contributed by atoms with van der Waals surface area (Å²) in [6.45, 7) is 0. The Balaban J connectivity index is 0.984. The molecule has 0 fully saturated rings. The number of para-hydroxylation sites is 7. The second-order valence-corrected chi connectivity index (χ2v) is 20.3. The van der Waals surface area contributed by atoms with E-state index >= 15 is 0 Å². The smallest absolute Gasteiger partial charge is 0.0717 e. The Bertz CT molecular complexity index is 4450. The third-order valence-electron chi connectivity index (χ3n) is 16.1. The molecular weight excluding hydrogens is 923 g/mol. The number of aromatic nitrogens is 4. The Morgan fingerprint density at radius 1 is 0.289 bits per heavy atom. The normalized spacial score (nSPS) is 15.0. The molecule has 16 rings (SSSR count). The number of benzene rings is 10. The van der Waals surface area contributed by atoms with E-state index in [0.29, 0.717) is 0 Å². The fourth-order valence-corrected chi connectivity index (χ4v) is 12.8. The van der Waals surface area contributed by atoms with E-state index in [4.69, 9.17) is 4.98 Å². The molecular formula is C71H47N5. The zero-order valence-electron chi connectivity index (χ0n) is 41.4. The van der Waals surface area contributed by atoms with Gasteiger partial charge in [0.25, 0.3) is 0 Å². The average molecular weight is 970 g/mol. The highest BCUT2D eigenvalue weighted by molar-refractivity contribution is 6.12. The van der Waals surface area contributed by atoms with Crippen LogP contribution in [0.15, 0.2) is 273 Å². The van der Waals surface area contributed by atoms with Crippen LogP contribution in [0.5, 0.6) is 0 Å². The van der Waals surface area contributed by atoms with Gasteiger partial charge in [-0.25, -0.2) is 4.98 Å². The minimum absolute atomic E-state index is 0.116. The molecule has 356 valence electrons. The third kappa shape index (κ3) is 6.49. The first-order valence-electron chi connectivity index (χ1n) is 26.3. The van der Waals surface area contributed by atoms with Crippen LogP contribution in [0.25, 0.3) is 116 Å². The fourth-order valence-electron chi connectivity index (χ4n) is 12.8. The summed E-state index contributed by atoms with van der Waals surface area (Å²) in [7, 11) is 0. The lowest BCUT2D eigenvalue weighted by molar-refractivity contribution is 0.744. The first kappa shape index (κ1) is 42.5. The summed E-state index contributed by atoms with van der Waals surface area (Å²) in [5.74, 6) is 0.234. The largest absolute Gasteiger partial charge is 0.333 e. The molecule has 0 spiro atoms. The first-order chi connectivity index (χ1) is 37.7. The van der Waals surface area contributed by atoms with E-state index < -0.39 is 0 Å². The molecule has 0 bridgehead atoms. The summed E-state index contributed by atoms with van der Waals surface area (Å²) in [5, 5.41) is 7.34. The summed E-state index contributed by atoms with van der Waals surface area (Å²) >= 11 is 0. The van der Waals surface area contributed by atoms with Gasteiger partial charge in [0.05, 0.1) is 50.5 Å². The van der Waals surface area contributed by atoms with Gasteiger partial charge in [0.1, 0.15) is 0 Å². The maximum Gasteiger partial charge on any atom is 0.0717 e. The van der Waals surface area contributed by atoms with Crippen molar-refractivity contribution in [3.05, 3.63) is 279 Å². The Kier molecular flexibility index (Phi) is 9.39. The maximum absolute atomic E-state index is 5.86. The zero-order chi connectivity index (χ0) is 49.8. The van der Waals surface area contributed by atoms with Gasteiger partial charge in [-0.2, -0.15) is 0 Å². The van der Waals surface area contributed by atoms with Gasteiger partial charge in [-0.15, -0.1) is 0 Å². The van der Waals surface area contributed by atoms with Crippen molar-refractivity contribution in [2.24, 2.45) is 0 Å². The van der Waals surface area contributed by atoms with E-state index in [2.05, 4.69) is 292 Å². The predicted octanol–water partition coefficient (Wildman–Crippen LogP) is 18.1. The highest BCUT2D eigenvalue weighted by atomic mass is 15.2. The van der Waals surface area contributed by atoms with Gasteiger partial charge in [-0.05, 0) is 108 Å². The van der Waals surface area contributed by atoms with E-state index in [1.165, 1.54) is 43.6 Å². The molecule has 0 saturated heterocycles. The third-order valence-corrected chi connectivity index (χ3v) is 16.1. The summed E-state index contributed by atoms with van der Waals surface area (Å²) in [4.78, 5) is 8.41. The van der Waals surface area contributed by atoms with E-state index in [0.717, 1.165) is 89.5 Å². The van der Waals surface area contributed by atoms with Crippen LogP contribution in [-0.2, 0) is 0 Å². The topological polar surface area (TPSA) is 30.9 Å².